The second-order valence-corrected chi connectivity index (χ2v) is 2.20. The van der Waals surface area contributed by atoms with Gasteiger partial charge in [-0.15, -0.1) is 0 Å². The average molecular weight is 163 g/mol. The van der Waals surface area contributed by atoms with Crippen LogP contribution >= 0.6 is 0 Å². The first-order chi connectivity index (χ1) is 5.77. The maximum Gasteiger partial charge on any atom is 0.261 e. The molecule has 2 aromatic rings. The molecule has 0 aromatic carbocycles. The third-order valence-electron chi connectivity index (χ3n) is 1.41. The Morgan fingerprint density at radius 2 is 2.25 bits per heavy atom. The predicted molar refractivity (Wildman–Crippen MR) is 42.4 cm³/mol. The fourth-order valence-corrected chi connectivity index (χ4v) is 0.874. The van der Waals surface area contributed by atoms with Gasteiger partial charge in [-0.05, 0) is 0 Å². The Morgan fingerprint density at radius 3 is 3.08 bits per heavy atom. The van der Waals surface area contributed by atoms with Crippen LogP contribution in [0.5, 0.6) is 0 Å². The number of aromatic nitrogens is 4. The number of nitrogens with one attached hydrogen (secondary N) is 1. The van der Waals surface area contributed by atoms with Crippen LogP contribution in [0.3, 0.4) is 0 Å². The summed E-state index contributed by atoms with van der Waals surface area (Å²) >= 11 is 0. The van der Waals surface area contributed by atoms with Crippen LogP contribution in [0.2, 0.25) is 0 Å². The maximum absolute atomic E-state index is 11.1. The molecule has 0 unspecified atom stereocenters. The Morgan fingerprint density at radius 1 is 1.42 bits per heavy atom. The van der Waals surface area contributed by atoms with Crippen LogP contribution in [0, 0.1) is 0 Å². The molecule has 6 heteroatoms. The second-order valence-electron chi connectivity index (χ2n) is 2.20. The zero-order valence-corrected chi connectivity index (χ0v) is 5.98. The van der Waals surface area contributed by atoms with Gasteiger partial charge in [0.1, 0.15) is 5.39 Å². The first-order valence-corrected chi connectivity index (χ1v) is 3.23. The molecule has 0 spiro atoms. The topological polar surface area (TPSA) is 97.5 Å². The molecule has 0 aliphatic heterocycles. The van der Waals surface area contributed by atoms with Gasteiger partial charge in [-0.3, -0.25) is 4.79 Å². The van der Waals surface area contributed by atoms with Crippen molar-refractivity contribution < 1.29 is 0 Å². The zero-order valence-electron chi connectivity index (χ0n) is 5.98. The molecule has 2 rings (SSSR count). The van der Waals surface area contributed by atoms with Crippen molar-refractivity contribution in [1.82, 2.24) is 19.9 Å². The van der Waals surface area contributed by atoms with Crippen molar-refractivity contribution in [3.05, 3.63) is 22.9 Å². The van der Waals surface area contributed by atoms with Gasteiger partial charge >= 0.3 is 0 Å². The molecule has 0 atom stereocenters. The molecule has 0 saturated heterocycles. The lowest BCUT2D eigenvalue weighted by Gasteiger charge is -1.93. The summed E-state index contributed by atoms with van der Waals surface area (Å²) in [5.74, 6) is 0.112. The first-order valence-electron chi connectivity index (χ1n) is 3.23. The van der Waals surface area contributed by atoms with E-state index in [1.807, 2.05) is 0 Å². The van der Waals surface area contributed by atoms with Gasteiger partial charge in [0.2, 0.25) is 5.95 Å². The number of aromatic amines is 1. The molecule has 0 aliphatic carbocycles. The number of hydrogen-bond donors (Lipinski definition) is 2. The summed E-state index contributed by atoms with van der Waals surface area (Å²) in [7, 11) is 0. The Kier molecular flexibility index (Phi) is 1.26. The van der Waals surface area contributed by atoms with Crippen molar-refractivity contribution in [2.45, 2.75) is 0 Å². The molecule has 6 nitrogen and oxygen atoms in total. The van der Waals surface area contributed by atoms with Crippen LogP contribution in [0.25, 0.3) is 11.0 Å². The van der Waals surface area contributed by atoms with Gasteiger partial charge in [-0.2, -0.15) is 4.98 Å². The van der Waals surface area contributed by atoms with E-state index >= 15 is 0 Å². The van der Waals surface area contributed by atoms with Gasteiger partial charge in [0.15, 0.2) is 5.65 Å². The lowest BCUT2D eigenvalue weighted by molar-refractivity contribution is 1.11. The van der Waals surface area contributed by atoms with E-state index in [9.17, 15) is 4.79 Å². The van der Waals surface area contributed by atoms with Gasteiger partial charge < -0.3 is 10.7 Å². The average Bonchev–Trinajstić information content (AvgIpc) is 2.04. The standard InChI is InChI=1S/C6H5N5O/c7-6-8-1-3-4(11-6)9-2-10-5(3)12/h1-2H,(H3,7,8,9,10,11,12). The zero-order chi connectivity index (χ0) is 8.55. The Bertz CT molecular complexity index is 477. The van der Waals surface area contributed by atoms with Crippen molar-refractivity contribution in [3.8, 4) is 0 Å². The molecule has 0 saturated carbocycles. The van der Waals surface area contributed by atoms with Gasteiger partial charge in [0, 0.05) is 6.20 Å². The van der Waals surface area contributed by atoms with E-state index in [1.165, 1.54) is 12.5 Å². The monoisotopic (exact) mass is 163 g/mol. The van der Waals surface area contributed by atoms with Gasteiger partial charge in [-0.25, -0.2) is 9.97 Å². The van der Waals surface area contributed by atoms with Crippen LogP contribution in [0.4, 0.5) is 5.95 Å². The minimum Gasteiger partial charge on any atom is -0.368 e. The van der Waals surface area contributed by atoms with E-state index in [2.05, 4.69) is 19.9 Å². The lowest BCUT2D eigenvalue weighted by atomic mass is 10.4. The normalized spacial score (nSPS) is 10.3. The first kappa shape index (κ1) is 6.71. The Hall–Kier alpha value is -1.98. The van der Waals surface area contributed by atoms with Crippen LogP contribution in [0.15, 0.2) is 17.3 Å². The van der Waals surface area contributed by atoms with E-state index in [1.54, 1.807) is 0 Å². The highest BCUT2D eigenvalue weighted by atomic mass is 16.1. The number of fused-ring (bicyclic) bond motifs is 1. The third-order valence-corrected chi connectivity index (χ3v) is 1.41. The molecule has 2 aromatic heterocycles. The molecule has 0 radical (unpaired) electrons. The van der Waals surface area contributed by atoms with Crippen LogP contribution in [-0.4, -0.2) is 19.9 Å². The van der Waals surface area contributed by atoms with E-state index in [0.717, 1.165) is 0 Å². The molecular formula is C6H5N5O. The minimum atomic E-state index is -0.264. The summed E-state index contributed by atoms with van der Waals surface area (Å²) in [6.45, 7) is 0. The quantitative estimate of drug-likeness (QED) is 0.535. The molecule has 2 heterocycles. The highest BCUT2D eigenvalue weighted by molar-refractivity contribution is 5.72. The summed E-state index contributed by atoms with van der Waals surface area (Å²) in [5.41, 5.74) is 5.35. The highest BCUT2D eigenvalue weighted by Gasteiger charge is 2.00. The van der Waals surface area contributed by atoms with Crippen molar-refractivity contribution >= 4 is 17.0 Å². The van der Waals surface area contributed by atoms with Crippen LogP contribution in [0.1, 0.15) is 0 Å². The van der Waals surface area contributed by atoms with Crippen molar-refractivity contribution in [1.29, 1.82) is 0 Å². The number of nitrogens with zero attached hydrogens (tertiary/aromatic N) is 3. The van der Waals surface area contributed by atoms with Crippen molar-refractivity contribution in [3.63, 3.8) is 0 Å². The number of hydrogen-bond acceptors (Lipinski definition) is 5. The summed E-state index contributed by atoms with van der Waals surface area (Å²) in [4.78, 5) is 24.7. The van der Waals surface area contributed by atoms with E-state index in [0.29, 0.717) is 11.0 Å². The van der Waals surface area contributed by atoms with Gasteiger partial charge in [-0.1, -0.05) is 0 Å². The van der Waals surface area contributed by atoms with E-state index < -0.39 is 0 Å². The van der Waals surface area contributed by atoms with Crippen LogP contribution in [-0.2, 0) is 0 Å². The van der Waals surface area contributed by atoms with E-state index in [4.69, 9.17) is 5.73 Å². The lowest BCUT2D eigenvalue weighted by Crippen LogP contribution is -2.08. The Balaban J connectivity index is 2.96. The molecule has 0 bridgehead atoms. The second kappa shape index (κ2) is 2.26. The fourth-order valence-electron chi connectivity index (χ4n) is 0.874. The molecule has 60 valence electrons. The largest absolute Gasteiger partial charge is 0.368 e. The summed E-state index contributed by atoms with van der Waals surface area (Å²) < 4.78 is 0. The fraction of sp³-hybridized carbons (Fsp3) is 0. The molecule has 0 fully saturated rings. The smallest absolute Gasteiger partial charge is 0.261 e. The van der Waals surface area contributed by atoms with Crippen LogP contribution < -0.4 is 11.3 Å². The predicted octanol–water partition coefficient (Wildman–Crippen LogP) is -0.705. The van der Waals surface area contributed by atoms with Crippen molar-refractivity contribution in [2.75, 3.05) is 5.73 Å². The van der Waals surface area contributed by atoms with Crippen molar-refractivity contribution in [2.24, 2.45) is 0 Å². The number of rotatable bonds is 0. The number of nitrogen functional groups attached to an aromatic ring is 1. The van der Waals surface area contributed by atoms with Gasteiger partial charge in [0.05, 0.1) is 6.33 Å². The van der Waals surface area contributed by atoms with Gasteiger partial charge in [0.25, 0.3) is 5.56 Å². The highest BCUT2D eigenvalue weighted by Crippen LogP contribution is 2.00. The summed E-state index contributed by atoms with van der Waals surface area (Å²) in [5, 5.41) is 0.340. The number of anilines is 1. The van der Waals surface area contributed by atoms with E-state index in [-0.39, 0.29) is 11.5 Å². The Labute approximate surface area is 66.5 Å². The summed E-state index contributed by atoms with van der Waals surface area (Å²) in [6.07, 6.45) is 2.63. The molecule has 0 amide bonds. The molecule has 12 heavy (non-hydrogen) atoms. The number of nitrogens with two attached hydrogens (primary N) is 1. The third kappa shape index (κ3) is 0.895. The maximum atomic E-state index is 11.1. The molecule has 3 N–H and O–H groups in total. The summed E-state index contributed by atoms with van der Waals surface area (Å²) in [6, 6.07) is 0. The SMILES string of the molecule is Nc1ncc2c(=O)[nH]cnc2n1. The number of H-pyrrole nitrogens is 1. The molecular weight excluding hydrogens is 158 g/mol. The molecule has 0 aliphatic rings. The minimum absolute atomic E-state index is 0.112.